The number of para-hydroxylation sites is 1. The highest BCUT2D eigenvalue weighted by Crippen LogP contribution is 2.38. The lowest BCUT2D eigenvalue weighted by Crippen LogP contribution is -2.12. The number of rotatable bonds is 6. The van der Waals surface area contributed by atoms with Crippen LogP contribution in [0.4, 0.5) is 0 Å². The van der Waals surface area contributed by atoms with Gasteiger partial charge in [-0.15, -0.1) is 0 Å². The molecule has 38 heavy (non-hydrogen) atoms. The zero-order valence-corrected chi connectivity index (χ0v) is 21.3. The fraction of sp³-hybridized carbons (Fsp3) is 0.0294. The molecule has 0 spiro atoms. The van der Waals surface area contributed by atoms with E-state index in [4.69, 9.17) is 5.73 Å². The van der Waals surface area contributed by atoms with E-state index in [0.29, 0.717) is 5.84 Å². The lowest BCUT2D eigenvalue weighted by atomic mass is 10.0. The normalized spacial score (nSPS) is 13.1. The van der Waals surface area contributed by atoms with Crippen LogP contribution in [0.1, 0.15) is 12.5 Å². The van der Waals surface area contributed by atoms with Crippen molar-refractivity contribution >= 4 is 60.7 Å². The summed E-state index contributed by atoms with van der Waals surface area (Å²) in [5.74, 6) is 0.490. The number of aromatic nitrogens is 2. The largest absolute Gasteiger partial charge is 0.383 e. The summed E-state index contributed by atoms with van der Waals surface area (Å²) in [5, 5.41) is 5.92. The molecule has 0 aliphatic carbocycles. The van der Waals surface area contributed by atoms with Crippen LogP contribution < -0.4 is 5.73 Å². The molecule has 6 aromatic rings. The van der Waals surface area contributed by atoms with Gasteiger partial charge < -0.3 is 14.9 Å². The van der Waals surface area contributed by atoms with Crippen LogP contribution in [0.2, 0.25) is 0 Å². The Bertz CT molecular complexity index is 1960. The summed E-state index contributed by atoms with van der Waals surface area (Å²) >= 11 is 0. The summed E-state index contributed by atoms with van der Waals surface area (Å²) in [6, 6.07) is 29.5. The van der Waals surface area contributed by atoms with Crippen molar-refractivity contribution in [2.24, 2.45) is 10.7 Å². The summed E-state index contributed by atoms with van der Waals surface area (Å²) in [6.45, 7) is 9.92. The Kier molecular flexibility index (Phi) is 5.78. The number of fused-ring (bicyclic) bond motifs is 6. The van der Waals surface area contributed by atoms with Gasteiger partial charge in [0.2, 0.25) is 0 Å². The van der Waals surface area contributed by atoms with Gasteiger partial charge in [-0.05, 0) is 48.7 Å². The second-order valence-corrected chi connectivity index (χ2v) is 9.31. The number of amidine groups is 1. The summed E-state index contributed by atoms with van der Waals surface area (Å²) in [4.78, 5) is 4.63. The molecule has 4 heteroatoms. The van der Waals surface area contributed by atoms with Gasteiger partial charge in [0.25, 0.3) is 0 Å². The molecule has 0 unspecified atom stereocenters. The smallest absolute Gasteiger partial charge is 0.130 e. The summed E-state index contributed by atoms with van der Waals surface area (Å²) in [5.41, 5.74) is 12.6. The highest BCUT2D eigenvalue weighted by atomic mass is 15.0. The number of benzene rings is 4. The minimum atomic E-state index is 0.490. The molecular formula is C34H28N4. The third-order valence-corrected chi connectivity index (χ3v) is 7.05. The van der Waals surface area contributed by atoms with Crippen LogP contribution in [-0.4, -0.2) is 15.0 Å². The number of hydrogen-bond acceptors (Lipinski definition) is 1. The second kappa shape index (κ2) is 9.41. The lowest BCUT2D eigenvalue weighted by Gasteiger charge is -2.11. The SMILES string of the molecule is C=C/C=C(\C=C)n1ccc2cc3c(ccc4c5ccccc5n(/C(C)=C/N=C(N)c5ccccc5)c34)cc21. The average Bonchev–Trinajstić information content (AvgIpc) is 3.52. The van der Waals surface area contributed by atoms with Gasteiger partial charge in [0, 0.05) is 50.9 Å². The van der Waals surface area contributed by atoms with E-state index in [1.54, 1.807) is 6.08 Å². The Hall–Kier alpha value is -5.09. The quantitative estimate of drug-likeness (QED) is 0.142. The van der Waals surface area contributed by atoms with E-state index in [1.165, 1.54) is 16.2 Å². The summed E-state index contributed by atoms with van der Waals surface area (Å²) < 4.78 is 4.44. The summed E-state index contributed by atoms with van der Waals surface area (Å²) in [7, 11) is 0. The van der Waals surface area contributed by atoms with Gasteiger partial charge in [-0.1, -0.05) is 79.9 Å². The maximum atomic E-state index is 6.31. The molecule has 184 valence electrons. The van der Waals surface area contributed by atoms with E-state index in [-0.39, 0.29) is 0 Å². The maximum absolute atomic E-state index is 6.31. The molecule has 0 radical (unpaired) electrons. The Morgan fingerprint density at radius 1 is 0.816 bits per heavy atom. The molecule has 2 heterocycles. The fourth-order valence-electron chi connectivity index (χ4n) is 5.28. The molecule has 0 fully saturated rings. The van der Waals surface area contributed by atoms with Crippen molar-refractivity contribution in [3.63, 3.8) is 0 Å². The first-order valence-corrected chi connectivity index (χ1v) is 12.6. The van der Waals surface area contributed by atoms with Gasteiger partial charge in [0.15, 0.2) is 0 Å². The lowest BCUT2D eigenvalue weighted by molar-refractivity contribution is 1.18. The number of allylic oxidation sites excluding steroid dienone is 5. The minimum absolute atomic E-state index is 0.490. The minimum Gasteiger partial charge on any atom is -0.383 e. The third kappa shape index (κ3) is 3.75. The van der Waals surface area contributed by atoms with Crippen LogP contribution in [0.15, 0.2) is 134 Å². The zero-order valence-electron chi connectivity index (χ0n) is 21.3. The van der Waals surface area contributed by atoms with Crippen LogP contribution in [0, 0.1) is 0 Å². The zero-order chi connectivity index (χ0) is 26.2. The highest BCUT2D eigenvalue weighted by molar-refractivity contribution is 6.20. The van der Waals surface area contributed by atoms with Crippen LogP contribution >= 0.6 is 0 Å². The second-order valence-electron chi connectivity index (χ2n) is 9.31. The van der Waals surface area contributed by atoms with E-state index in [0.717, 1.165) is 44.3 Å². The first kappa shape index (κ1) is 23.3. The van der Waals surface area contributed by atoms with Gasteiger partial charge >= 0.3 is 0 Å². The van der Waals surface area contributed by atoms with Crippen LogP contribution in [0.3, 0.4) is 0 Å². The van der Waals surface area contributed by atoms with E-state index in [9.17, 15) is 0 Å². The van der Waals surface area contributed by atoms with Crippen LogP contribution in [0.25, 0.3) is 54.9 Å². The predicted molar refractivity (Wildman–Crippen MR) is 164 cm³/mol. The van der Waals surface area contributed by atoms with Gasteiger partial charge in [-0.2, -0.15) is 0 Å². The van der Waals surface area contributed by atoms with Crippen LogP contribution in [0.5, 0.6) is 0 Å². The maximum Gasteiger partial charge on any atom is 0.130 e. The standard InChI is InChI=1S/C34H28N4/c1-4-11-27(5-2)37-19-18-26-20-30-25(21-32(26)37)16-17-29-28-14-9-10-15-31(28)38(33(29)30)23(3)22-36-34(35)24-12-7-6-8-13-24/h4-22H,1-2H2,3H3,(H2,35,36)/b23-22+,27-11+. The van der Waals surface area contributed by atoms with Gasteiger partial charge in [-0.3, -0.25) is 0 Å². The van der Waals surface area contributed by atoms with Crippen molar-refractivity contribution < 1.29 is 0 Å². The molecule has 0 saturated carbocycles. The molecule has 0 saturated heterocycles. The number of aliphatic imine (C=N–C) groups is 1. The molecule has 0 aliphatic heterocycles. The number of nitrogens with zero attached hydrogens (tertiary/aromatic N) is 3. The molecule has 0 aliphatic rings. The number of nitrogens with two attached hydrogens (primary N) is 1. The Morgan fingerprint density at radius 2 is 1.61 bits per heavy atom. The van der Waals surface area contributed by atoms with Crippen molar-refractivity contribution in [1.29, 1.82) is 0 Å². The summed E-state index contributed by atoms with van der Waals surface area (Å²) in [6.07, 6.45) is 9.54. The van der Waals surface area contributed by atoms with Crippen molar-refractivity contribution in [3.05, 3.63) is 134 Å². The van der Waals surface area contributed by atoms with Crippen molar-refractivity contribution in [2.45, 2.75) is 6.92 Å². The third-order valence-electron chi connectivity index (χ3n) is 7.05. The first-order valence-electron chi connectivity index (χ1n) is 12.6. The molecular weight excluding hydrogens is 464 g/mol. The van der Waals surface area contributed by atoms with E-state index in [2.05, 4.69) is 95.0 Å². The monoisotopic (exact) mass is 492 g/mol. The molecule has 2 N–H and O–H groups in total. The fourth-order valence-corrected chi connectivity index (χ4v) is 5.28. The van der Waals surface area contributed by atoms with Crippen molar-refractivity contribution in [1.82, 2.24) is 9.13 Å². The topological polar surface area (TPSA) is 48.2 Å². The van der Waals surface area contributed by atoms with Crippen LogP contribution in [-0.2, 0) is 0 Å². The molecule has 0 bridgehead atoms. The average molecular weight is 493 g/mol. The van der Waals surface area contributed by atoms with Gasteiger partial charge in [-0.25, -0.2) is 4.99 Å². The van der Waals surface area contributed by atoms with Crippen molar-refractivity contribution in [3.8, 4) is 0 Å². The van der Waals surface area contributed by atoms with E-state index < -0.39 is 0 Å². The Morgan fingerprint density at radius 3 is 2.39 bits per heavy atom. The molecule has 2 aromatic heterocycles. The van der Waals surface area contributed by atoms with Gasteiger partial charge in [0.05, 0.1) is 16.6 Å². The molecule has 4 nitrogen and oxygen atoms in total. The van der Waals surface area contributed by atoms with E-state index >= 15 is 0 Å². The first-order chi connectivity index (χ1) is 18.6. The van der Waals surface area contributed by atoms with Crippen molar-refractivity contribution in [2.75, 3.05) is 0 Å². The van der Waals surface area contributed by atoms with E-state index in [1.807, 2.05) is 48.7 Å². The molecule has 0 amide bonds. The molecule has 6 rings (SSSR count). The van der Waals surface area contributed by atoms with Gasteiger partial charge in [0.1, 0.15) is 5.84 Å². The number of hydrogen-bond donors (Lipinski definition) is 1. The Labute approximate surface area is 221 Å². The highest BCUT2D eigenvalue weighted by Gasteiger charge is 2.16. The predicted octanol–water partition coefficient (Wildman–Crippen LogP) is 8.34. The molecule has 4 aromatic carbocycles. The Balaban J connectivity index is 1.62. The molecule has 0 atom stereocenters.